The van der Waals surface area contributed by atoms with Gasteiger partial charge in [0.15, 0.2) is 0 Å². The van der Waals surface area contributed by atoms with Crippen molar-refractivity contribution in [2.45, 2.75) is 79.3 Å². The van der Waals surface area contributed by atoms with Crippen LogP contribution in [0, 0.1) is 5.92 Å². The summed E-state index contributed by atoms with van der Waals surface area (Å²) in [6, 6.07) is 1.33. The third-order valence-electron chi connectivity index (χ3n) is 3.66. The van der Waals surface area contributed by atoms with E-state index in [-0.39, 0.29) is 0 Å². The zero-order valence-corrected chi connectivity index (χ0v) is 13.6. The number of nitrogens with zero attached hydrogens (tertiary/aromatic N) is 1. The molecule has 0 bridgehead atoms. The van der Waals surface area contributed by atoms with E-state index in [9.17, 15) is 0 Å². The van der Waals surface area contributed by atoms with Crippen LogP contribution < -0.4 is 5.32 Å². The average Bonchev–Trinajstić information content (AvgIpc) is 2.31. The fourth-order valence-electron chi connectivity index (χ4n) is 2.51. The van der Waals surface area contributed by atoms with Crippen LogP contribution in [-0.4, -0.2) is 36.6 Å². The van der Waals surface area contributed by atoms with Gasteiger partial charge in [0.05, 0.1) is 0 Å². The van der Waals surface area contributed by atoms with Gasteiger partial charge in [0.25, 0.3) is 0 Å². The summed E-state index contributed by atoms with van der Waals surface area (Å²) < 4.78 is 0. The van der Waals surface area contributed by atoms with Gasteiger partial charge in [-0.1, -0.05) is 40.5 Å². The normalized spacial score (nSPS) is 13.8. The number of unbranched alkanes of at least 4 members (excludes halogenated alkanes) is 2. The van der Waals surface area contributed by atoms with Crippen LogP contribution in [0.25, 0.3) is 0 Å². The first-order valence-corrected chi connectivity index (χ1v) is 8.00. The van der Waals surface area contributed by atoms with Crippen molar-refractivity contribution in [3.63, 3.8) is 0 Å². The molecule has 1 unspecified atom stereocenters. The van der Waals surface area contributed by atoms with Crippen LogP contribution in [0.4, 0.5) is 0 Å². The minimum Gasteiger partial charge on any atom is -0.315 e. The van der Waals surface area contributed by atoms with Crippen LogP contribution in [-0.2, 0) is 0 Å². The first-order chi connectivity index (χ1) is 8.54. The molecular formula is C16H36N2. The fourth-order valence-corrected chi connectivity index (χ4v) is 2.51. The summed E-state index contributed by atoms with van der Waals surface area (Å²) in [4.78, 5) is 2.70. The molecular weight excluding hydrogens is 220 g/mol. The Kier molecular flexibility index (Phi) is 10.8. The van der Waals surface area contributed by atoms with Crippen LogP contribution >= 0.6 is 0 Å². The first kappa shape index (κ1) is 17.9. The smallest absolute Gasteiger partial charge is 0.0246 e. The van der Waals surface area contributed by atoms with Crippen molar-refractivity contribution < 1.29 is 0 Å². The minimum atomic E-state index is 0.651. The SMILES string of the molecule is CCCCCN(C(C)C)C(CNCCC)C(C)C. The summed E-state index contributed by atoms with van der Waals surface area (Å²) in [5.74, 6) is 0.721. The lowest BCUT2D eigenvalue weighted by Gasteiger charge is -2.38. The van der Waals surface area contributed by atoms with Crippen LogP contribution in [0.1, 0.15) is 67.2 Å². The lowest BCUT2D eigenvalue weighted by molar-refractivity contribution is 0.113. The van der Waals surface area contributed by atoms with Crippen molar-refractivity contribution in [1.29, 1.82) is 0 Å². The lowest BCUT2D eigenvalue weighted by atomic mass is 10.00. The van der Waals surface area contributed by atoms with E-state index in [0.717, 1.165) is 19.0 Å². The zero-order valence-electron chi connectivity index (χ0n) is 13.6. The second-order valence-electron chi connectivity index (χ2n) is 6.05. The zero-order chi connectivity index (χ0) is 14.0. The van der Waals surface area contributed by atoms with Crippen molar-refractivity contribution >= 4 is 0 Å². The van der Waals surface area contributed by atoms with E-state index in [1.54, 1.807) is 0 Å². The summed E-state index contributed by atoms with van der Waals surface area (Å²) in [5, 5.41) is 3.60. The highest BCUT2D eigenvalue weighted by molar-refractivity contribution is 4.79. The molecule has 0 aromatic heterocycles. The summed E-state index contributed by atoms with van der Waals surface area (Å²) in [5.41, 5.74) is 0. The Morgan fingerprint density at radius 1 is 0.944 bits per heavy atom. The van der Waals surface area contributed by atoms with Gasteiger partial charge >= 0.3 is 0 Å². The summed E-state index contributed by atoms with van der Waals surface area (Å²) in [7, 11) is 0. The highest BCUT2D eigenvalue weighted by Crippen LogP contribution is 2.15. The summed E-state index contributed by atoms with van der Waals surface area (Å²) >= 11 is 0. The largest absolute Gasteiger partial charge is 0.315 e. The summed E-state index contributed by atoms with van der Waals surface area (Å²) in [6.07, 6.45) is 5.23. The van der Waals surface area contributed by atoms with E-state index in [0.29, 0.717) is 12.1 Å². The molecule has 0 heterocycles. The molecule has 1 atom stereocenters. The number of hydrogen-bond donors (Lipinski definition) is 1. The van der Waals surface area contributed by atoms with Gasteiger partial charge in [0.2, 0.25) is 0 Å². The highest BCUT2D eigenvalue weighted by Gasteiger charge is 2.23. The van der Waals surface area contributed by atoms with Crippen molar-refractivity contribution in [1.82, 2.24) is 10.2 Å². The predicted molar refractivity (Wildman–Crippen MR) is 83.2 cm³/mol. The lowest BCUT2D eigenvalue weighted by Crippen LogP contribution is -2.49. The molecule has 0 aromatic rings. The molecule has 0 aromatic carbocycles. The standard InChI is InChI=1S/C16H36N2/c1-7-9-10-12-18(15(5)6)16(14(3)4)13-17-11-8-2/h14-17H,7-13H2,1-6H3. The van der Waals surface area contributed by atoms with E-state index in [2.05, 4.69) is 51.8 Å². The van der Waals surface area contributed by atoms with Crippen LogP contribution in [0.5, 0.6) is 0 Å². The quantitative estimate of drug-likeness (QED) is 0.564. The maximum absolute atomic E-state index is 3.60. The molecule has 0 spiro atoms. The third-order valence-corrected chi connectivity index (χ3v) is 3.66. The van der Waals surface area contributed by atoms with Crippen LogP contribution in [0.15, 0.2) is 0 Å². The molecule has 0 rings (SSSR count). The van der Waals surface area contributed by atoms with E-state index < -0.39 is 0 Å². The predicted octanol–water partition coefficient (Wildman–Crippen LogP) is 3.91. The number of hydrogen-bond acceptors (Lipinski definition) is 2. The Morgan fingerprint density at radius 2 is 1.61 bits per heavy atom. The molecule has 0 saturated carbocycles. The molecule has 0 aliphatic rings. The van der Waals surface area contributed by atoms with Crippen molar-refractivity contribution in [3.8, 4) is 0 Å². The Bertz CT molecular complexity index is 158. The van der Waals surface area contributed by atoms with Crippen molar-refractivity contribution in [2.75, 3.05) is 19.6 Å². The molecule has 1 N–H and O–H groups in total. The molecule has 2 nitrogen and oxygen atoms in total. The van der Waals surface area contributed by atoms with Gasteiger partial charge in [-0.2, -0.15) is 0 Å². The van der Waals surface area contributed by atoms with Gasteiger partial charge in [0.1, 0.15) is 0 Å². The number of rotatable bonds is 11. The van der Waals surface area contributed by atoms with Gasteiger partial charge in [-0.25, -0.2) is 0 Å². The van der Waals surface area contributed by atoms with Gasteiger partial charge in [-0.3, -0.25) is 4.90 Å². The van der Waals surface area contributed by atoms with E-state index in [4.69, 9.17) is 0 Å². The van der Waals surface area contributed by atoms with Crippen molar-refractivity contribution in [3.05, 3.63) is 0 Å². The van der Waals surface area contributed by atoms with Gasteiger partial charge in [0, 0.05) is 18.6 Å². The second kappa shape index (κ2) is 10.8. The maximum Gasteiger partial charge on any atom is 0.0246 e. The third kappa shape index (κ3) is 7.38. The van der Waals surface area contributed by atoms with Gasteiger partial charge in [-0.05, 0) is 45.7 Å². The molecule has 0 fully saturated rings. The van der Waals surface area contributed by atoms with Gasteiger partial charge in [-0.15, -0.1) is 0 Å². The van der Waals surface area contributed by atoms with Crippen LogP contribution in [0.3, 0.4) is 0 Å². The fraction of sp³-hybridized carbons (Fsp3) is 1.00. The monoisotopic (exact) mass is 256 g/mol. The minimum absolute atomic E-state index is 0.651. The Labute approximate surface area is 116 Å². The molecule has 110 valence electrons. The molecule has 0 aliphatic heterocycles. The first-order valence-electron chi connectivity index (χ1n) is 8.00. The Hall–Kier alpha value is -0.0800. The molecule has 0 aliphatic carbocycles. The van der Waals surface area contributed by atoms with E-state index in [1.807, 2.05) is 0 Å². The molecule has 0 saturated heterocycles. The van der Waals surface area contributed by atoms with Gasteiger partial charge < -0.3 is 5.32 Å². The Balaban J connectivity index is 4.36. The average molecular weight is 256 g/mol. The van der Waals surface area contributed by atoms with Crippen LogP contribution in [0.2, 0.25) is 0 Å². The van der Waals surface area contributed by atoms with E-state index in [1.165, 1.54) is 32.2 Å². The summed E-state index contributed by atoms with van der Waals surface area (Å²) in [6.45, 7) is 17.4. The Morgan fingerprint density at radius 3 is 2.06 bits per heavy atom. The molecule has 0 radical (unpaired) electrons. The molecule has 0 amide bonds. The second-order valence-corrected chi connectivity index (χ2v) is 6.05. The highest BCUT2D eigenvalue weighted by atomic mass is 15.2. The molecule has 2 heteroatoms. The topological polar surface area (TPSA) is 15.3 Å². The maximum atomic E-state index is 3.60. The van der Waals surface area contributed by atoms with E-state index >= 15 is 0 Å². The number of nitrogens with one attached hydrogen (secondary N) is 1. The van der Waals surface area contributed by atoms with Crippen molar-refractivity contribution in [2.24, 2.45) is 5.92 Å². The molecule has 18 heavy (non-hydrogen) atoms.